The second kappa shape index (κ2) is 7.94. The summed E-state index contributed by atoms with van der Waals surface area (Å²) in [4.78, 5) is 24.5. The van der Waals surface area contributed by atoms with Crippen molar-refractivity contribution in [3.8, 4) is 11.5 Å². The summed E-state index contributed by atoms with van der Waals surface area (Å²) >= 11 is 0. The van der Waals surface area contributed by atoms with E-state index in [2.05, 4.69) is 15.3 Å². The van der Waals surface area contributed by atoms with Crippen molar-refractivity contribution in [2.24, 2.45) is 5.10 Å². The molecule has 1 amide bonds. The highest BCUT2D eigenvalue weighted by Gasteiger charge is 2.37. The van der Waals surface area contributed by atoms with Gasteiger partial charge in [-0.1, -0.05) is 0 Å². The fraction of sp³-hybridized carbons (Fsp3) is 0.389. The van der Waals surface area contributed by atoms with Crippen LogP contribution in [0.2, 0.25) is 0 Å². The highest BCUT2D eigenvalue weighted by molar-refractivity contribution is 7.91. The number of amides is 1. The first-order valence-electron chi connectivity index (χ1n) is 9.16. The highest BCUT2D eigenvalue weighted by atomic mass is 32.2. The van der Waals surface area contributed by atoms with Crippen LogP contribution in [0.3, 0.4) is 0 Å². The zero-order valence-corrected chi connectivity index (χ0v) is 16.5. The SMILES string of the molecule is O=C(OCc1nnc(-c2ccc(F)cc2)o1)C1=NN([C@@H]2CCS(=O)(=O)C2)C(=O)CC1. The Morgan fingerprint density at radius 3 is 2.70 bits per heavy atom. The molecular weight excluding hydrogens is 419 g/mol. The van der Waals surface area contributed by atoms with Gasteiger partial charge in [-0.05, 0) is 30.7 Å². The van der Waals surface area contributed by atoms with Crippen molar-refractivity contribution in [3.63, 3.8) is 0 Å². The van der Waals surface area contributed by atoms with Gasteiger partial charge >= 0.3 is 5.97 Å². The number of esters is 1. The van der Waals surface area contributed by atoms with Crippen LogP contribution in [0.25, 0.3) is 11.5 Å². The van der Waals surface area contributed by atoms with Gasteiger partial charge in [0.05, 0.1) is 17.5 Å². The lowest BCUT2D eigenvalue weighted by Crippen LogP contribution is -2.42. The second-order valence-corrected chi connectivity index (χ2v) is 9.15. The third kappa shape index (κ3) is 4.37. The maximum Gasteiger partial charge on any atom is 0.355 e. The van der Waals surface area contributed by atoms with Gasteiger partial charge in [0.15, 0.2) is 16.4 Å². The molecule has 10 nitrogen and oxygen atoms in total. The zero-order valence-electron chi connectivity index (χ0n) is 15.7. The molecule has 0 saturated carbocycles. The van der Waals surface area contributed by atoms with Crippen LogP contribution in [0.15, 0.2) is 33.8 Å². The minimum atomic E-state index is -3.20. The van der Waals surface area contributed by atoms with Crippen molar-refractivity contribution in [1.82, 2.24) is 15.2 Å². The fourth-order valence-corrected chi connectivity index (χ4v) is 4.90. The number of carbonyl (C=O) groups excluding carboxylic acids is 2. The summed E-state index contributed by atoms with van der Waals surface area (Å²) in [5.41, 5.74) is 0.538. The molecule has 0 aliphatic carbocycles. The lowest BCUT2D eigenvalue weighted by Gasteiger charge is -2.27. The summed E-state index contributed by atoms with van der Waals surface area (Å²) in [7, 11) is -3.20. The zero-order chi connectivity index (χ0) is 21.3. The normalized spacial score (nSPS) is 20.8. The van der Waals surface area contributed by atoms with Crippen molar-refractivity contribution in [1.29, 1.82) is 0 Å². The number of hydrogen-bond acceptors (Lipinski definition) is 9. The van der Waals surface area contributed by atoms with Gasteiger partial charge in [0.1, 0.15) is 11.5 Å². The number of carbonyl (C=O) groups is 2. The topological polar surface area (TPSA) is 132 Å². The molecule has 0 radical (unpaired) electrons. The quantitative estimate of drug-likeness (QED) is 0.636. The third-order valence-corrected chi connectivity index (χ3v) is 6.48. The van der Waals surface area contributed by atoms with Gasteiger partial charge in [0.25, 0.3) is 5.89 Å². The summed E-state index contributed by atoms with van der Waals surface area (Å²) in [6, 6.07) is 4.89. The van der Waals surface area contributed by atoms with Crippen LogP contribution in [-0.4, -0.2) is 58.8 Å². The number of hydrazone groups is 1. The summed E-state index contributed by atoms with van der Waals surface area (Å²) < 4.78 is 46.9. The number of ether oxygens (including phenoxy) is 1. The lowest BCUT2D eigenvalue weighted by molar-refractivity contribution is -0.138. The smallest absolute Gasteiger partial charge is 0.355 e. The van der Waals surface area contributed by atoms with Gasteiger partial charge in [-0.2, -0.15) is 5.10 Å². The van der Waals surface area contributed by atoms with Gasteiger partial charge in [0.2, 0.25) is 11.8 Å². The van der Waals surface area contributed by atoms with E-state index >= 15 is 0 Å². The molecular formula is C18H17FN4O6S. The Balaban J connectivity index is 1.39. The fourth-order valence-electron chi connectivity index (χ4n) is 3.20. The standard InChI is InChI=1S/C18H17FN4O6S/c19-12-3-1-11(2-4-12)17-21-20-15(29-17)9-28-18(25)14-5-6-16(24)23(22-14)13-7-8-30(26,27)10-13/h1-4,13H,5-10H2/t13-/m1/s1. The predicted molar refractivity (Wildman–Crippen MR) is 100 cm³/mol. The molecule has 1 saturated heterocycles. The van der Waals surface area contributed by atoms with Crippen LogP contribution >= 0.6 is 0 Å². The molecule has 2 aliphatic rings. The van der Waals surface area contributed by atoms with Crippen LogP contribution in [0.4, 0.5) is 4.39 Å². The Labute approximate surface area is 170 Å². The molecule has 0 bridgehead atoms. The monoisotopic (exact) mass is 436 g/mol. The first-order chi connectivity index (χ1) is 14.3. The molecule has 1 aromatic heterocycles. The van der Waals surface area contributed by atoms with Crippen LogP contribution in [0, 0.1) is 5.82 Å². The maximum atomic E-state index is 13.0. The molecule has 1 aromatic carbocycles. The average molecular weight is 436 g/mol. The van der Waals surface area contributed by atoms with Crippen molar-refractivity contribution < 1.29 is 31.6 Å². The van der Waals surface area contributed by atoms with Crippen LogP contribution in [-0.2, 0) is 30.8 Å². The highest BCUT2D eigenvalue weighted by Crippen LogP contribution is 2.23. The minimum Gasteiger partial charge on any atom is -0.451 e. The Bertz CT molecular complexity index is 1110. The minimum absolute atomic E-state index is 0.00962. The Morgan fingerprint density at radius 1 is 1.23 bits per heavy atom. The van der Waals surface area contributed by atoms with Crippen LogP contribution < -0.4 is 0 Å². The van der Waals surface area contributed by atoms with Crippen molar-refractivity contribution >= 4 is 27.4 Å². The van der Waals surface area contributed by atoms with E-state index < -0.39 is 27.7 Å². The predicted octanol–water partition coefficient (Wildman–Crippen LogP) is 1.08. The van der Waals surface area contributed by atoms with Crippen molar-refractivity contribution in [3.05, 3.63) is 36.0 Å². The molecule has 0 unspecified atom stereocenters. The van der Waals surface area contributed by atoms with Crippen molar-refractivity contribution in [2.45, 2.75) is 31.9 Å². The number of sulfone groups is 1. The summed E-state index contributed by atoms with van der Waals surface area (Å²) in [5, 5.41) is 12.7. The van der Waals surface area contributed by atoms with Gasteiger partial charge in [-0.15, -0.1) is 10.2 Å². The number of halogens is 1. The van der Waals surface area contributed by atoms with E-state index in [0.29, 0.717) is 5.56 Å². The van der Waals surface area contributed by atoms with E-state index in [9.17, 15) is 22.4 Å². The van der Waals surface area contributed by atoms with E-state index in [4.69, 9.17) is 9.15 Å². The number of rotatable bonds is 5. The number of benzene rings is 1. The van der Waals surface area contributed by atoms with Crippen LogP contribution in [0.5, 0.6) is 0 Å². The van der Waals surface area contributed by atoms with Crippen LogP contribution in [0.1, 0.15) is 25.2 Å². The second-order valence-electron chi connectivity index (χ2n) is 6.93. The van der Waals surface area contributed by atoms with Gasteiger partial charge in [-0.25, -0.2) is 22.6 Å². The van der Waals surface area contributed by atoms with E-state index in [1.165, 1.54) is 24.3 Å². The average Bonchev–Trinajstić information content (AvgIpc) is 3.33. The first-order valence-corrected chi connectivity index (χ1v) is 11.0. The molecule has 158 valence electrons. The van der Waals surface area contributed by atoms with E-state index in [1.54, 1.807) is 0 Å². The van der Waals surface area contributed by atoms with Crippen molar-refractivity contribution in [2.75, 3.05) is 11.5 Å². The molecule has 1 fully saturated rings. The van der Waals surface area contributed by atoms with Gasteiger partial charge in [-0.3, -0.25) is 4.79 Å². The number of nitrogens with zero attached hydrogens (tertiary/aromatic N) is 4. The third-order valence-electron chi connectivity index (χ3n) is 4.73. The molecule has 2 aliphatic heterocycles. The molecule has 2 aromatic rings. The Hall–Kier alpha value is -3.15. The van der Waals surface area contributed by atoms with E-state index in [1.807, 2.05) is 0 Å². The Morgan fingerprint density at radius 2 is 2.00 bits per heavy atom. The van der Waals surface area contributed by atoms with E-state index in [0.717, 1.165) is 5.01 Å². The lowest BCUT2D eigenvalue weighted by atomic mass is 10.1. The summed E-state index contributed by atoms with van der Waals surface area (Å²) in [6.45, 7) is -0.308. The summed E-state index contributed by atoms with van der Waals surface area (Å²) in [5.74, 6) is -1.47. The molecule has 1 atom stereocenters. The molecule has 3 heterocycles. The largest absolute Gasteiger partial charge is 0.451 e. The first kappa shape index (κ1) is 20.1. The molecule has 4 rings (SSSR count). The number of aromatic nitrogens is 2. The molecule has 30 heavy (non-hydrogen) atoms. The number of hydrogen-bond donors (Lipinski definition) is 0. The van der Waals surface area contributed by atoms with Gasteiger partial charge < -0.3 is 9.15 Å². The van der Waals surface area contributed by atoms with E-state index in [-0.39, 0.29) is 60.8 Å². The van der Waals surface area contributed by atoms with Gasteiger partial charge in [0, 0.05) is 18.4 Å². The Kier molecular flexibility index (Phi) is 5.33. The summed E-state index contributed by atoms with van der Waals surface area (Å²) in [6.07, 6.45) is 0.423. The molecule has 0 spiro atoms. The maximum absolute atomic E-state index is 13.0. The molecule has 12 heteroatoms. The molecule has 0 N–H and O–H groups in total.